The summed E-state index contributed by atoms with van der Waals surface area (Å²) >= 11 is 9.94. The van der Waals surface area contributed by atoms with Crippen molar-refractivity contribution in [1.82, 2.24) is 0 Å². The number of para-hydroxylation sites is 6. The standard InChI is InChI=1S/3C27H37N2.2C2H3F2.2CF3.3CH3.3Au.2BrH/c3*1-18(2)22-11-9-12-23(19(3)4)26(22)28-15-16-29(17-28)27-24(20(5)6)13-10-14-25(27)21(7)8;2*1-2(3)4;2*2-1(3)4;;;;;;;;/h3*9-21H,1-8H3;2*1H3;;;3*1H3;;;;2*1H/q10*-1;;2*+1;;/p-2. The van der Waals surface area contributed by atoms with Crippen molar-refractivity contribution in [3.63, 3.8) is 0 Å². The molecule has 6 aromatic rings. The molecule has 0 saturated carbocycles. The van der Waals surface area contributed by atoms with Gasteiger partial charge in [-0.2, -0.15) is 0 Å². The Bertz CT molecular complexity index is 2860. The van der Waals surface area contributed by atoms with Crippen LogP contribution >= 0.6 is 26.0 Å². The molecule has 0 N–H and O–H groups in total. The second-order valence-electron chi connectivity index (χ2n) is 29.6. The van der Waals surface area contributed by atoms with E-state index in [4.69, 9.17) is 0 Å². The van der Waals surface area contributed by atoms with Gasteiger partial charge in [0.1, 0.15) is 0 Å². The summed E-state index contributed by atoms with van der Waals surface area (Å²) in [6, 6.07) is 40.5. The van der Waals surface area contributed by atoms with Gasteiger partial charge in [0.2, 0.25) is 0 Å². The summed E-state index contributed by atoms with van der Waals surface area (Å²) in [6.45, 7) is 56.9. The van der Waals surface area contributed by atoms with Gasteiger partial charge in [-0.1, -0.05) is 275 Å². The van der Waals surface area contributed by atoms with Crippen LogP contribution in [0.15, 0.2) is 146 Å². The van der Waals surface area contributed by atoms with Gasteiger partial charge in [-0.3, -0.25) is 0 Å². The normalized spacial score (nSPS) is 12.7. The van der Waals surface area contributed by atoms with Crippen LogP contribution < -0.4 is 29.4 Å². The maximum absolute atomic E-state index is 10.2. The van der Waals surface area contributed by atoms with E-state index in [1.165, 1.54) is 101 Å². The van der Waals surface area contributed by atoms with Crippen molar-refractivity contribution in [2.45, 2.75) is 251 Å². The van der Waals surface area contributed by atoms with Gasteiger partial charge >= 0.3 is 63.9 Å². The molecule has 0 atom stereocenters. The largest absolute Gasteiger partial charge is 0.358 e. The van der Waals surface area contributed by atoms with Gasteiger partial charge in [-0.25, -0.2) is 0 Å². The van der Waals surface area contributed by atoms with Gasteiger partial charge in [-0.15, -0.1) is 33.9 Å². The third-order valence-corrected chi connectivity index (χ3v) is 17.5. The number of anilines is 6. The smallest absolute Gasteiger partial charge is 0.358 e. The van der Waals surface area contributed by atoms with E-state index in [2.05, 4.69) is 426 Å². The zero-order chi connectivity index (χ0) is 82.2. The summed E-state index contributed by atoms with van der Waals surface area (Å²) < 4.78 is 98.5. The second-order valence-corrected chi connectivity index (χ2v) is 29.6. The molecule has 0 amide bonds. The Morgan fingerprint density at radius 3 is 0.369 bits per heavy atom. The fourth-order valence-corrected chi connectivity index (χ4v) is 12.7. The molecule has 1 radical (unpaired) electrons. The monoisotopic (exact) mass is 2230 g/mol. The Morgan fingerprint density at radius 1 is 0.234 bits per heavy atom. The van der Waals surface area contributed by atoms with Crippen LogP contribution in [0.2, 0.25) is 0 Å². The van der Waals surface area contributed by atoms with Crippen molar-refractivity contribution in [2.75, 3.05) is 29.4 Å². The third kappa shape index (κ3) is 35.7. The summed E-state index contributed by atoms with van der Waals surface area (Å²) in [7, 11) is 0. The van der Waals surface area contributed by atoms with E-state index in [9.17, 15) is 43.9 Å². The Labute approximate surface area is 720 Å². The molecule has 0 bridgehead atoms. The van der Waals surface area contributed by atoms with Crippen molar-refractivity contribution in [2.24, 2.45) is 0 Å². The first-order valence-corrected chi connectivity index (χ1v) is 45.8. The van der Waals surface area contributed by atoms with E-state index in [-0.39, 0.29) is 44.7 Å². The molecule has 0 saturated heterocycles. The number of hydrogen-bond donors (Lipinski definition) is 0. The SMILES string of the molecule is CC(C)c1cccc(C(C)C)c1N1C=CN(c2c(C(C)C)cccc2C(C)C)[CH-]1.CC(C)c1cccc(C(C)C)c1N1C=CN(c2c(C(C)C)cccc2C(C)C)[CH-]1.CC(C)c1cccc(C(C)C)c1N1C=CN(c2c(C(C)C)cccc2C(C)C)[CH-]1.C[C-](F)F.C[C-](F)F.F[C-](F)F.F[C-](F)F.[Au].[Br][Au].[Br][Au].[CH3-].[CH3-].[CH3-]. The van der Waals surface area contributed by atoms with Crippen LogP contribution in [-0.2, 0) is 60.2 Å². The maximum atomic E-state index is 10.2. The third-order valence-electron chi connectivity index (χ3n) is 17.5. The molecule has 6 nitrogen and oxygen atoms in total. The average Bonchev–Trinajstić information content (AvgIpc) is 1.69. The molecule has 111 heavy (non-hydrogen) atoms. The van der Waals surface area contributed by atoms with Crippen LogP contribution in [0.5, 0.6) is 0 Å². The van der Waals surface area contributed by atoms with Gasteiger partial charge in [0, 0.05) is 56.5 Å². The summed E-state index contributed by atoms with van der Waals surface area (Å²) in [4.78, 5) is 14.0. The molecular formula is C90H126Au3Br2F10N6-10. The van der Waals surface area contributed by atoms with Crippen LogP contribution in [0.25, 0.3) is 0 Å². The van der Waals surface area contributed by atoms with Gasteiger partial charge in [0.15, 0.2) is 13.4 Å². The Balaban J connectivity index is -0.000000677. The zero-order valence-electron chi connectivity index (χ0n) is 70.6. The molecule has 0 aromatic heterocycles. The second kappa shape index (κ2) is 57.0. The molecule has 3 heterocycles. The van der Waals surface area contributed by atoms with E-state index in [1.54, 1.807) is 0 Å². The fraction of sp³-hybridized carbons (Fsp3) is 0.422. The van der Waals surface area contributed by atoms with Crippen molar-refractivity contribution in [3.05, 3.63) is 282 Å². The molecule has 21 heteroatoms. The van der Waals surface area contributed by atoms with Crippen molar-refractivity contribution >= 4 is 60.2 Å². The minimum absolute atomic E-state index is 0. The van der Waals surface area contributed by atoms with Gasteiger partial charge in [-0.05, 0) is 188 Å². The molecule has 0 spiro atoms. The fourth-order valence-electron chi connectivity index (χ4n) is 12.7. The van der Waals surface area contributed by atoms with E-state index in [1.807, 2.05) is 0 Å². The van der Waals surface area contributed by atoms with Crippen molar-refractivity contribution < 1.29 is 104 Å². The number of hydrogen-bond acceptors (Lipinski definition) is 6. The van der Waals surface area contributed by atoms with E-state index >= 15 is 0 Å². The Hall–Kier alpha value is -4.18. The van der Waals surface area contributed by atoms with Crippen LogP contribution in [0, 0.1) is 68.5 Å². The number of nitrogens with zero attached hydrogens (tertiary/aromatic N) is 6. The molecule has 6 aromatic carbocycles. The van der Waals surface area contributed by atoms with E-state index in [0.717, 1.165) is 13.8 Å². The summed E-state index contributed by atoms with van der Waals surface area (Å²) in [5.74, 6) is 5.76. The zero-order valence-corrected chi connectivity index (χ0v) is 80.3. The van der Waals surface area contributed by atoms with Crippen LogP contribution in [0.4, 0.5) is 78.0 Å². The Kier molecular flexibility index (Phi) is 58.1. The minimum atomic E-state index is -3.08. The van der Waals surface area contributed by atoms with E-state index < -0.39 is 26.2 Å². The quantitative estimate of drug-likeness (QED) is 0.0482. The average molecular weight is 2230 g/mol. The maximum Gasteiger partial charge on any atom is -0.358 e. The molecule has 9 rings (SSSR count). The van der Waals surface area contributed by atoms with Crippen LogP contribution in [0.1, 0.15) is 318 Å². The van der Waals surface area contributed by atoms with Gasteiger partial charge < -0.3 is 95.6 Å². The molecule has 3 aliphatic heterocycles. The first-order chi connectivity index (χ1) is 50.1. The van der Waals surface area contributed by atoms with Crippen LogP contribution in [0.3, 0.4) is 0 Å². The number of halogens is 12. The molecular weight excluding hydrogens is 2110 g/mol. The molecule has 0 unspecified atom stereocenters. The molecule has 0 fully saturated rings. The first kappa shape index (κ1) is 113. The van der Waals surface area contributed by atoms with Crippen molar-refractivity contribution in [1.29, 1.82) is 0 Å². The van der Waals surface area contributed by atoms with E-state index in [0.29, 0.717) is 71.0 Å². The molecule has 3 aliphatic rings. The summed E-state index contributed by atoms with van der Waals surface area (Å²) in [6.07, 6.45) is 10.1. The van der Waals surface area contributed by atoms with Gasteiger partial charge in [0.25, 0.3) is 0 Å². The predicted molar refractivity (Wildman–Crippen MR) is 455 cm³/mol. The topological polar surface area (TPSA) is 19.4 Å². The molecule has 643 valence electrons. The molecule has 0 aliphatic carbocycles. The summed E-state index contributed by atoms with van der Waals surface area (Å²) in [5.41, 5.74) is 24.9. The Morgan fingerprint density at radius 2 is 0.306 bits per heavy atom. The van der Waals surface area contributed by atoms with Crippen molar-refractivity contribution in [3.8, 4) is 0 Å². The first-order valence-electron chi connectivity index (χ1n) is 36.3. The minimum Gasteiger partial charge on any atom is -0.358 e. The number of benzene rings is 6. The predicted octanol–water partition coefficient (Wildman–Crippen LogP) is 32.9. The van der Waals surface area contributed by atoms with Crippen LogP contribution in [-0.4, -0.2) is 0 Å². The summed E-state index contributed by atoms with van der Waals surface area (Å²) in [5, 5.41) is 0. The van der Waals surface area contributed by atoms with Gasteiger partial charge in [0.05, 0.1) is 0 Å². The number of rotatable bonds is 18.